The number of ether oxygens (including phenoxy) is 3. The molecule has 0 unspecified atom stereocenters. The number of aliphatic hydroxyl groups excluding tert-OH is 6. The molecular formula is C33H58O10. The first-order valence-electron chi connectivity index (χ1n) is 16.7. The number of aliphatic hydroxyl groups is 7. The molecule has 1 heterocycles. The maximum Gasteiger partial charge on any atom is 0.186 e. The molecule has 0 aromatic carbocycles. The van der Waals surface area contributed by atoms with Gasteiger partial charge < -0.3 is 50.0 Å². The molecule has 7 N–H and O–H groups in total. The predicted octanol–water partition coefficient (Wildman–Crippen LogP) is 1.58. The van der Waals surface area contributed by atoms with Crippen molar-refractivity contribution in [2.75, 3.05) is 13.7 Å². The van der Waals surface area contributed by atoms with Crippen LogP contribution >= 0.6 is 0 Å². The first-order chi connectivity index (χ1) is 20.1. The molecule has 0 radical (unpaired) electrons. The molecule has 0 bridgehead atoms. The average Bonchev–Trinajstić information content (AvgIpc) is 3.21. The van der Waals surface area contributed by atoms with E-state index in [9.17, 15) is 35.7 Å². The van der Waals surface area contributed by atoms with Crippen molar-refractivity contribution >= 4 is 0 Å². The third-order valence-electron chi connectivity index (χ3n) is 13.2. The molecule has 5 fully saturated rings. The smallest absolute Gasteiger partial charge is 0.186 e. The van der Waals surface area contributed by atoms with Crippen molar-refractivity contribution in [2.24, 2.45) is 46.3 Å². The van der Waals surface area contributed by atoms with Gasteiger partial charge in [0.25, 0.3) is 0 Å². The summed E-state index contributed by atoms with van der Waals surface area (Å²) in [6, 6.07) is 0. The number of methoxy groups -OCH3 is 1. The standard InChI is InChI=1S/C33H58O10/c1-16(2)19(34)8-7-17(3)18-13-20(35)29-31(18,4)12-10-24-32(5)11-9-23(27(39)25(32)21(36)14-33(24,29)40)43-30-28(41-6)26(38)22(37)15-42-30/h16-30,34-40H,7-15H2,1-6H3/t17-,18-,19+,20-,21-,22-,23+,24-,25+,26+,27+,28-,29-,30+,31-,32-,33+/m1/s1. The lowest BCUT2D eigenvalue weighted by Gasteiger charge is -2.66. The van der Waals surface area contributed by atoms with Crippen LogP contribution in [-0.2, 0) is 14.2 Å². The third-order valence-corrected chi connectivity index (χ3v) is 13.2. The van der Waals surface area contributed by atoms with Crippen molar-refractivity contribution in [3.8, 4) is 0 Å². The summed E-state index contributed by atoms with van der Waals surface area (Å²) in [5.41, 5.74) is -2.15. The second-order valence-electron chi connectivity index (χ2n) is 15.8. The minimum Gasteiger partial charge on any atom is -0.393 e. The highest BCUT2D eigenvalue weighted by Crippen LogP contribution is 2.70. The Hall–Kier alpha value is -0.400. The van der Waals surface area contributed by atoms with Gasteiger partial charge in [-0.25, -0.2) is 0 Å². The van der Waals surface area contributed by atoms with Gasteiger partial charge in [0, 0.05) is 25.4 Å². The van der Waals surface area contributed by atoms with Crippen molar-refractivity contribution in [1.29, 1.82) is 0 Å². The van der Waals surface area contributed by atoms with Crippen LogP contribution in [0.4, 0.5) is 0 Å². The van der Waals surface area contributed by atoms with Crippen LogP contribution in [0.1, 0.15) is 86.0 Å². The summed E-state index contributed by atoms with van der Waals surface area (Å²) in [6.45, 7) is 10.4. The molecule has 1 saturated heterocycles. The molecular weight excluding hydrogens is 556 g/mol. The number of hydrogen-bond acceptors (Lipinski definition) is 10. The van der Waals surface area contributed by atoms with Gasteiger partial charge in [-0.2, -0.15) is 0 Å². The number of rotatable bonds is 8. The number of hydrogen-bond donors (Lipinski definition) is 7. The Labute approximate surface area is 256 Å². The molecule has 0 amide bonds. The molecule has 250 valence electrons. The van der Waals surface area contributed by atoms with Gasteiger partial charge in [-0.05, 0) is 79.4 Å². The fraction of sp³-hybridized carbons (Fsp3) is 1.00. The van der Waals surface area contributed by atoms with E-state index in [1.54, 1.807) is 0 Å². The topological polar surface area (TPSA) is 169 Å². The molecule has 43 heavy (non-hydrogen) atoms. The van der Waals surface area contributed by atoms with Crippen molar-refractivity contribution in [1.82, 2.24) is 0 Å². The number of fused-ring (bicyclic) bond motifs is 5. The van der Waals surface area contributed by atoms with E-state index in [0.29, 0.717) is 19.3 Å². The Balaban J connectivity index is 1.34. The predicted molar refractivity (Wildman–Crippen MR) is 158 cm³/mol. The molecule has 0 aromatic rings. The van der Waals surface area contributed by atoms with Crippen molar-refractivity contribution in [3.05, 3.63) is 0 Å². The first-order valence-corrected chi connectivity index (χ1v) is 16.7. The molecule has 10 nitrogen and oxygen atoms in total. The molecule has 4 aliphatic carbocycles. The Morgan fingerprint density at radius 3 is 2.21 bits per heavy atom. The Kier molecular flexibility index (Phi) is 9.73. The van der Waals surface area contributed by atoms with Gasteiger partial charge in [-0.1, -0.05) is 34.6 Å². The van der Waals surface area contributed by atoms with Crippen LogP contribution < -0.4 is 0 Å². The van der Waals surface area contributed by atoms with E-state index in [1.165, 1.54) is 7.11 Å². The van der Waals surface area contributed by atoms with E-state index < -0.39 is 66.0 Å². The van der Waals surface area contributed by atoms with E-state index in [-0.39, 0.29) is 54.1 Å². The van der Waals surface area contributed by atoms with Gasteiger partial charge in [0.1, 0.15) is 18.3 Å². The van der Waals surface area contributed by atoms with Gasteiger partial charge in [-0.15, -0.1) is 0 Å². The minimum absolute atomic E-state index is 0.0811. The molecule has 4 saturated carbocycles. The second-order valence-corrected chi connectivity index (χ2v) is 15.8. The first kappa shape index (κ1) is 33.9. The molecule has 5 aliphatic rings. The highest BCUT2D eigenvalue weighted by Gasteiger charge is 2.72. The summed E-state index contributed by atoms with van der Waals surface area (Å²) in [5, 5.41) is 78.4. The van der Waals surface area contributed by atoms with Crippen molar-refractivity contribution in [3.63, 3.8) is 0 Å². The van der Waals surface area contributed by atoms with Gasteiger partial charge in [0.2, 0.25) is 0 Å². The maximum absolute atomic E-state index is 12.6. The van der Waals surface area contributed by atoms with E-state index in [0.717, 1.165) is 25.7 Å². The summed E-state index contributed by atoms with van der Waals surface area (Å²) >= 11 is 0. The summed E-state index contributed by atoms with van der Waals surface area (Å²) in [4.78, 5) is 0. The SMILES string of the molecule is CO[C@H]1[C@H](O[C@H]2CC[C@@]3(C)[C@H]([C@H]2O)[C@H](O)C[C@]2(O)[C@@H]3CC[C@]3(C)[C@@H]([C@H](C)CC[C@H](O)C(C)C)C[C@@H](O)[C@H]32)OC[C@@H](O)[C@@H]1O. The zero-order valence-corrected chi connectivity index (χ0v) is 26.9. The van der Waals surface area contributed by atoms with E-state index in [2.05, 4.69) is 20.8 Å². The van der Waals surface area contributed by atoms with Gasteiger partial charge in [-0.3, -0.25) is 0 Å². The molecule has 10 heteroatoms. The molecule has 0 spiro atoms. The van der Waals surface area contributed by atoms with Crippen molar-refractivity contribution < 1.29 is 50.0 Å². The summed E-state index contributed by atoms with van der Waals surface area (Å²) in [5.74, 6) is -0.458. The molecule has 0 aromatic heterocycles. The van der Waals surface area contributed by atoms with Crippen LogP contribution in [-0.4, -0.2) is 110 Å². The van der Waals surface area contributed by atoms with Crippen LogP contribution in [0, 0.1) is 46.3 Å². The van der Waals surface area contributed by atoms with Crippen LogP contribution in [0.25, 0.3) is 0 Å². The quantitative estimate of drug-likeness (QED) is 0.199. The summed E-state index contributed by atoms with van der Waals surface area (Å²) in [7, 11) is 1.40. The largest absolute Gasteiger partial charge is 0.393 e. The van der Waals surface area contributed by atoms with Gasteiger partial charge in [0.15, 0.2) is 6.29 Å². The summed E-state index contributed by atoms with van der Waals surface area (Å²) in [6.07, 6.45) is -3.02. The van der Waals surface area contributed by atoms with Crippen LogP contribution in [0.15, 0.2) is 0 Å². The third kappa shape index (κ3) is 5.53. The highest BCUT2D eigenvalue weighted by atomic mass is 16.7. The van der Waals surface area contributed by atoms with Crippen LogP contribution in [0.2, 0.25) is 0 Å². The van der Waals surface area contributed by atoms with Crippen molar-refractivity contribution in [2.45, 2.75) is 147 Å². The second kappa shape index (κ2) is 12.3. The summed E-state index contributed by atoms with van der Waals surface area (Å²) < 4.78 is 17.2. The minimum atomic E-state index is -1.27. The van der Waals surface area contributed by atoms with Gasteiger partial charge >= 0.3 is 0 Å². The van der Waals surface area contributed by atoms with Crippen LogP contribution in [0.3, 0.4) is 0 Å². The lowest BCUT2D eigenvalue weighted by Crippen LogP contribution is -2.71. The normalized spacial score (nSPS) is 53.2. The fourth-order valence-corrected chi connectivity index (χ4v) is 10.9. The monoisotopic (exact) mass is 614 g/mol. The molecule has 17 atom stereocenters. The van der Waals surface area contributed by atoms with Crippen LogP contribution in [0.5, 0.6) is 0 Å². The zero-order chi connectivity index (χ0) is 31.6. The fourth-order valence-electron chi connectivity index (χ4n) is 10.9. The Bertz CT molecular complexity index is 966. The lowest BCUT2D eigenvalue weighted by molar-refractivity contribution is -0.320. The molecule has 5 rings (SSSR count). The average molecular weight is 615 g/mol. The highest BCUT2D eigenvalue weighted by molar-refractivity contribution is 5.21. The zero-order valence-electron chi connectivity index (χ0n) is 26.9. The van der Waals surface area contributed by atoms with Gasteiger partial charge in [0.05, 0.1) is 42.7 Å². The lowest BCUT2D eigenvalue weighted by atomic mass is 9.41. The maximum atomic E-state index is 12.6. The Morgan fingerprint density at radius 1 is 0.884 bits per heavy atom. The van der Waals surface area contributed by atoms with E-state index in [1.807, 2.05) is 13.8 Å². The molecule has 1 aliphatic heterocycles. The van der Waals surface area contributed by atoms with E-state index >= 15 is 0 Å². The van der Waals surface area contributed by atoms with E-state index in [4.69, 9.17) is 14.2 Å². The Morgan fingerprint density at radius 2 is 1.56 bits per heavy atom.